The van der Waals surface area contributed by atoms with Crippen LogP contribution >= 0.6 is 0 Å². The van der Waals surface area contributed by atoms with E-state index in [2.05, 4.69) is 72.7 Å². The number of aryl methyl sites for hydroxylation is 2. The summed E-state index contributed by atoms with van der Waals surface area (Å²) in [4.78, 5) is 13.8. The van der Waals surface area contributed by atoms with Crippen LogP contribution < -0.4 is 5.32 Å². The Bertz CT molecular complexity index is 1010. The number of nitrogens with one attached hydrogen (secondary N) is 1. The van der Waals surface area contributed by atoms with E-state index < -0.39 is 0 Å². The number of carbonyl (C=O) groups excluding carboxylic acids is 1. The maximum atomic E-state index is 11.4. The number of likely N-dealkylation sites (tertiary alicyclic amines) is 1. The van der Waals surface area contributed by atoms with E-state index in [0.717, 1.165) is 43.0 Å². The van der Waals surface area contributed by atoms with E-state index in [4.69, 9.17) is 5.10 Å². The minimum absolute atomic E-state index is 0.0459. The number of rotatable bonds is 5. The molecule has 2 aromatic carbocycles. The van der Waals surface area contributed by atoms with Gasteiger partial charge in [0.05, 0.1) is 11.4 Å². The summed E-state index contributed by atoms with van der Waals surface area (Å²) in [5.74, 6) is 0.0459. The Morgan fingerprint density at radius 1 is 1.17 bits per heavy atom. The van der Waals surface area contributed by atoms with Gasteiger partial charge >= 0.3 is 0 Å². The molecule has 1 N–H and O–H groups in total. The van der Waals surface area contributed by atoms with E-state index in [0.29, 0.717) is 0 Å². The molecule has 1 aromatic heterocycles. The molecule has 0 saturated carbocycles. The first-order valence-corrected chi connectivity index (χ1v) is 10.2. The summed E-state index contributed by atoms with van der Waals surface area (Å²) in [5, 5.41) is 8.03. The minimum Gasteiger partial charge on any atom is -0.352 e. The highest BCUT2D eigenvalue weighted by atomic mass is 16.1. The highest BCUT2D eigenvalue weighted by Crippen LogP contribution is 2.27. The van der Waals surface area contributed by atoms with Gasteiger partial charge in [-0.3, -0.25) is 9.69 Å². The number of hydrogen-bond acceptors (Lipinski definition) is 3. The fraction of sp³-hybridized carbons (Fsp3) is 0.333. The molecule has 1 aliphatic rings. The standard InChI is InChI=1S/C24H28N4O/c1-17-9-10-18(2)23(13-17)28-15-21(24(26-28)20-7-5-4-6-8-20)14-27-12-11-22(16-27)25-19(3)29/h4-10,13,15,22H,11-12,14,16H2,1-3H3,(H,25,29)/t22-/m0/s1. The number of hydrogen-bond donors (Lipinski definition) is 1. The second kappa shape index (κ2) is 8.21. The largest absolute Gasteiger partial charge is 0.352 e. The van der Waals surface area contributed by atoms with Crippen LogP contribution in [0.4, 0.5) is 0 Å². The number of benzene rings is 2. The van der Waals surface area contributed by atoms with Crippen LogP contribution in [0.5, 0.6) is 0 Å². The van der Waals surface area contributed by atoms with E-state index in [9.17, 15) is 4.79 Å². The summed E-state index contributed by atoms with van der Waals surface area (Å²) < 4.78 is 2.02. The lowest BCUT2D eigenvalue weighted by atomic mass is 10.1. The topological polar surface area (TPSA) is 50.2 Å². The van der Waals surface area contributed by atoms with Gasteiger partial charge in [0, 0.05) is 49.9 Å². The molecule has 2 heterocycles. The highest BCUT2D eigenvalue weighted by molar-refractivity contribution is 5.73. The van der Waals surface area contributed by atoms with Gasteiger partial charge in [0.1, 0.15) is 0 Å². The fourth-order valence-corrected chi connectivity index (χ4v) is 4.08. The van der Waals surface area contributed by atoms with Crippen LogP contribution in [0.2, 0.25) is 0 Å². The molecule has 1 fully saturated rings. The summed E-state index contributed by atoms with van der Waals surface area (Å²) in [6.45, 7) is 8.50. The predicted molar refractivity (Wildman–Crippen MR) is 116 cm³/mol. The van der Waals surface area contributed by atoms with Crippen molar-refractivity contribution in [1.82, 2.24) is 20.0 Å². The molecule has 4 rings (SSSR count). The molecule has 0 unspecified atom stereocenters. The van der Waals surface area contributed by atoms with Crippen LogP contribution in [-0.4, -0.2) is 39.7 Å². The summed E-state index contributed by atoms with van der Waals surface area (Å²) in [6, 6.07) is 17.1. The quantitative estimate of drug-likeness (QED) is 0.722. The van der Waals surface area contributed by atoms with Gasteiger partial charge in [-0.25, -0.2) is 4.68 Å². The zero-order chi connectivity index (χ0) is 20.4. The number of carbonyl (C=O) groups is 1. The second-order valence-corrected chi connectivity index (χ2v) is 8.02. The lowest BCUT2D eigenvalue weighted by Crippen LogP contribution is -2.35. The molecule has 29 heavy (non-hydrogen) atoms. The molecular formula is C24H28N4O. The Morgan fingerprint density at radius 2 is 1.97 bits per heavy atom. The second-order valence-electron chi connectivity index (χ2n) is 8.02. The average Bonchev–Trinajstić information content (AvgIpc) is 3.31. The van der Waals surface area contributed by atoms with Crippen molar-refractivity contribution in [1.29, 1.82) is 0 Å². The molecule has 1 atom stereocenters. The average molecular weight is 389 g/mol. The third-order valence-corrected chi connectivity index (χ3v) is 5.52. The van der Waals surface area contributed by atoms with E-state index in [1.165, 1.54) is 16.7 Å². The Balaban J connectivity index is 1.66. The molecule has 0 radical (unpaired) electrons. The van der Waals surface area contributed by atoms with Crippen LogP contribution in [0.15, 0.2) is 54.7 Å². The monoisotopic (exact) mass is 388 g/mol. The molecule has 1 amide bonds. The third-order valence-electron chi connectivity index (χ3n) is 5.52. The highest BCUT2D eigenvalue weighted by Gasteiger charge is 2.25. The lowest BCUT2D eigenvalue weighted by Gasteiger charge is -2.16. The predicted octanol–water partition coefficient (Wildman–Crippen LogP) is 3.87. The van der Waals surface area contributed by atoms with Gasteiger partial charge in [0.2, 0.25) is 5.91 Å². The van der Waals surface area contributed by atoms with Gasteiger partial charge in [-0.05, 0) is 37.5 Å². The first-order chi connectivity index (χ1) is 14.0. The van der Waals surface area contributed by atoms with E-state index in [1.807, 2.05) is 10.7 Å². The van der Waals surface area contributed by atoms with Crippen molar-refractivity contribution in [2.45, 2.75) is 39.8 Å². The summed E-state index contributed by atoms with van der Waals surface area (Å²) >= 11 is 0. The Hall–Kier alpha value is -2.92. The van der Waals surface area contributed by atoms with Gasteiger partial charge in [0.25, 0.3) is 0 Å². The van der Waals surface area contributed by atoms with Crippen LogP contribution in [0.3, 0.4) is 0 Å². The molecule has 0 spiro atoms. The first-order valence-electron chi connectivity index (χ1n) is 10.2. The van der Waals surface area contributed by atoms with Gasteiger partial charge in [-0.1, -0.05) is 42.5 Å². The molecule has 1 aliphatic heterocycles. The number of amides is 1. The molecule has 150 valence electrons. The van der Waals surface area contributed by atoms with Crippen LogP contribution in [-0.2, 0) is 11.3 Å². The molecule has 3 aromatic rings. The van der Waals surface area contributed by atoms with Gasteiger partial charge in [-0.2, -0.15) is 5.10 Å². The number of aromatic nitrogens is 2. The molecule has 0 aliphatic carbocycles. The zero-order valence-electron chi connectivity index (χ0n) is 17.4. The van der Waals surface area contributed by atoms with Crippen molar-refractivity contribution in [2.24, 2.45) is 0 Å². The van der Waals surface area contributed by atoms with Crippen molar-refractivity contribution in [3.8, 4) is 16.9 Å². The van der Waals surface area contributed by atoms with Crippen molar-refractivity contribution >= 4 is 5.91 Å². The third kappa shape index (κ3) is 4.40. The Kier molecular flexibility index (Phi) is 5.49. The smallest absolute Gasteiger partial charge is 0.217 e. The summed E-state index contributed by atoms with van der Waals surface area (Å²) in [7, 11) is 0. The maximum Gasteiger partial charge on any atom is 0.217 e. The van der Waals surface area contributed by atoms with Crippen molar-refractivity contribution < 1.29 is 4.79 Å². The normalized spacial score (nSPS) is 16.9. The first kappa shape index (κ1) is 19.4. The molecule has 5 heteroatoms. The molecule has 0 bridgehead atoms. The summed E-state index contributed by atoms with van der Waals surface area (Å²) in [5.41, 5.74) is 6.91. The Morgan fingerprint density at radius 3 is 2.72 bits per heavy atom. The molecule has 5 nitrogen and oxygen atoms in total. The lowest BCUT2D eigenvalue weighted by molar-refractivity contribution is -0.119. The van der Waals surface area contributed by atoms with Crippen molar-refractivity contribution in [2.75, 3.05) is 13.1 Å². The molecule has 1 saturated heterocycles. The van der Waals surface area contributed by atoms with E-state index in [-0.39, 0.29) is 11.9 Å². The van der Waals surface area contributed by atoms with Crippen molar-refractivity contribution in [3.05, 3.63) is 71.4 Å². The summed E-state index contributed by atoms with van der Waals surface area (Å²) in [6.07, 6.45) is 3.15. The zero-order valence-corrected chi connectivity index (χ0v) is 17.4. The van der Waals surface area contributed by atoms with Crippen LogP contribution in [0.25, 0.3) is 16.9 Å². The number of nitrogens with zero attached hydrogens (tertiary/aromatic N) is 3. The molecular weight excluding hydrogens is 360 g/mol. The van der Waals surface area contributed by atoms with Crippen molar-refractivity contribution in [3.63, 3.8) is 0 Å². The minimum atomic E-state index is 0.0459. The maximum absolute atomic E-state index is 11.4. The Labute approximate surface area is 172 Å². The SMILES string of the molecule is CC(=O)N[C@H]1CCN(Cc2cn(-c3cc(C)ccc3C)nc2-c2ccccc2)C1. The van der Waals surface area contributed by atoms with E-state index in [1.54, 1.807) is 6.92 Å². The van der Waals surface area contributed by atoms with Gasteiger partial charge < -0.3 is 5.32 Å². The fourth-order valence-electron chi connectivity index (χ4n) is 4.08. The van der Waals surface area contributed by atoms with Gasteiger partial charge in [0.15, 0.2) is 0 Å². The van der Waals surface area contributed by atoms with E-state index >= 15 is 0 Å². The van der Waals surface area contributed by atoms with Crippen LogP contribution in [0.1, 0.15) is 30.0 Å². The van der Waals surface area contributed by atoms with Gasteiger partial charge in [-0.15, -0.1) is 0 Å². The van der Waals surface area contributed by atoms with Crippen LogP contribution in [0, 0.1) is 13.8 Å².